The van der Waals surface area contributed by atoms with E-state index in [1.54, 1.807) is 0 Å². The van der Waals surface area contributed by atoms with E-state index >= 15 is 0 Å². The highest BCUT2D eigenvalue weighted by atomic mass is 15.0. The standard InChI is InChI=1S/C15H29N/c1-10(2)11(3)16-13-14(4,5)12-7-8-15(13,6)9-12/h10-13,16H,7-9H2,1-6H3. The van der Waals surface area contributed by atoms with Gasteiger partial charge in [0.2, 0.25) is 0 Å². The highest BCUT2D eigenvalue weighted by molar-refractivity contribution is 5.12. The zero-order valence-electron chi connectivity index (χ0n) is 11.9. The summed E-state index contributed by atoms with van der Waals surface area (Å²) in [7, 11) is 0. The van der Waals surface area contributed by atoms with E-state index in [9.17, 15) is 0 Å². The summed E-state index contributed by atoms with van der Waals surface area (Å²) in [6.45, 7) is 14.4. The molecule has 1 heteroatoms. The lowest BCUT2D eigenvalue weighted by Gasteiger charge is -2.45. The molecule has 0 aromatic rings. The molecule has 0 saturated heterocycles. The van der Waals surface area contributed by atoms with Crippen molar-refractivity contribution in [1.82, 2.24) is 5.32 Å². The number of rotatable bonds is 3. The van der Waals surface area contributed by atoms with Crippen LogP contribution >= 0.6 is 0 Å². The molecule has 1 nitrogen and oxygen atoms in total. The van der Waals surface area contributed by atoms with Gasteiger partial charge >= 0.3 is 0 Å². The second-order valence-corrected chi connectivity index (χ2v) is 7.55. The van der Waals surface area contributed by atoms with Crippen LogP contribution < -0.4 is 5.32 Å². The Kier molecular flexibility index (Phi) is 2.89. The Labute approximate surface area is 101 Å². The summed E-state index contributed by atoms with van der Waals surface area (Å²) < 4.78 is 0. The summed E-state index contributed by atoms with van der Waals surface area (Å²) in [5.41, 5.74) is 1.06. The predicted octanol–water partition coefficient (Wildman–Crippen LogP) is 3.84. The first kappa shape index (κ1) is 12.4. The van der Waals surface area contributed by atoms with Gasteiger partial charge in [0.25, 0.3) is 0 Å². The van der Waals surface area contributed by atoms with Crippen LogP contribution in [0.2, 0.25) is 0 Å². The average molecular weight is 223 g/mol. The molecule has 2 fully saturated rings. The zero-order chi connectivity index (χ0) is 12.1. The third-order valence-corrected chi connectivity index (χ3v) is 5.70. The van der Waals surface area contributed by atoms with Gasteiger partial charge < -0.3 is 5.32 Å². The van der Waals surface area contributed by atoms with E-state index in [0.29, 0.717) is 16.9 Å². The summed E-state index contributed by atoms with van der Waals surface area (Å²) in [5, 5.41) is 3.94. The van der Waals surface area contributed by atoms with Crippen LogP contribution in [0, 0.1) is 22.7 Å². The maximum Gasteiger partial charge on any atom is 0.0177 e. The molecule has 2 saturated carbocycles. The van der Waals surface area contributed by atoms with Crippen molar-refractivity contribution in [2.75, 3.05) is 0 Å². The first-order valence-corrected chi connectivity index (χ1v) is 7.03. The van der Waals surface area contributed by atoms with Gasteiger partial charge in [0.15, 0.2) is 0 Å². The van der Waals surface area contributed by atoms with Crippen LogP contribution in [0.15, 0.2) is 0 Å². The highest BCUT2D eigenvalue weighted by Gasteiger charge is 2.59. The maximum absolute atomic E-state index is 3.94. The van der Waals surface area contributed by atoms with Gasteiger partial charge in [-0.1, -0.05) is 34.6 Å². The molecular formula is C15H29N. The monoisotopic (exact) mass is 223 g/mol. The van der Waals surface area contributed by atoms with Crippen LogP contribution in [0.4, 0.5) is 0 Å². The van der Waals surface area contributed by atoms with Crippen LogP contribution in [0.3, 0.4) is 0 Å². The van der Waals surface area contributed by atoms with Gasteiger partial charge in [-0.05, 0) is 48.9 Å². The lowest BCUT2D eigenvalue weighted by atomic mass is 9.68. The van der Waals surface area contributed by atoms with E-state index in [1.165, 1.54) is 19.3 Å². The van der Waals surface area contributed by atoms with Crippen molar-refractivity contribution in [2.24, 2.45) is 22.7 Å². The normalized spacial score (nSPS) is 42.9. The molecule has 2 aliphatic rings. The molecule has 0 aliphatic heterocycles. The van der Waals surface area contributed by atoms with E-state index in [1.807, 2.05) is 0 Å². The molecule has 0 amide bonds. The van der Waals surface area contributed by atoms with Crippen molar-refractivity contribution in [3.63, 3.8) is 0 Å². The molecule has 0 aromatic heterocycles. The fourth-order valence-electron chi connectivity index (χ4n) is 4.17. The minimum atomic E-state index is 0.496. The molecular weight excluding hydrogens is 194 g/mol. The van der Waals surface area contributed by atoms with Gasteiger partial charge in [-0.15, -0.1) is 0 Å². The van der Waals surface area contributed by atoms with Crippen molar-refractivity contribution < 1.29 is 0 Å². The van der Waals surface area contributed by atoms with E-state index in [2.05, 4.69) is 46.9 Å². The third-order valence-electron chi connectivity index (χ3n) is 5.70. The Morgan fingerprint density at radius 1 is 1.12 bits per heavy atom. The van der Waals surface area contributed by atoms with E-state index in [4.69, 9.17) is 0 Å². The van der Waals surface area contributed by atoms with Gasteiger partial charge in [0.1, 0.15) is 0 Å². The average Bonchev–Trinajstić information content (AvgIpc) is 2.63. The van der Waals surface area contributed by atoms with Gasteiger partial charge in [0.05, 0.1) is 0 Å². The Morgan fingerprint density at radius 2 is 1.75 bits per heavy atom. The molecule has 2 bridgehead atoms. The highest BCUT2D eigenvalue weighted by Crippen LogP contribution is 2.62. The second kappa shape index (κ2) is 3.73. The molecule has 94 valence electrons. The van der Waals surface area contributed by atoms with E-state index in [-0.39, 0.29) is 0 Å². The van der Waals surface area contributed by atoms with Gasteiger partial charge in [-0.3, -0.25) is 0 Å². The van der Waals surface area contributed by atoms with Gasteiger partial charge in [-0.2, -0.15) is 0 Å². The fourth-order valence-corrected chi connectivity index (χ4v) is 4.17. The Morgan fingerprint density at radius 3 is 2.19 bits per heavy atom. The van der Waals surface area contributed by atoms with Crippen LogP contribution in [-0.4, -0.2) is 12.1 Å². The molecule has 0 spiro atoms. The summed E-state index contributed by atoms with van der Waals surface area (Å²) in [6, 6.07) is 1.36. The number of hydrogen-bond donors (Lipinski definition) is 1. The predicted molar refractivity (Wildman–Crippen MR) is 70.5 cm³/mol. The second-order valence-electron chi connectivity index (χ2n) is 7.55. The quantitative estimate of drug-likeness (QED) is 0.766. The van der Waals surface area contributed by atoms with Crippen LogP contribution in [0.25, 0.3) is 0 Å². The lowest BCUT2D eigenvalue weighted by molar-refractivity contribution is 0.0944. The van der Waals surface area contributed by atoms with Gasteiger partial charge in [0, 0.05) is 12.1 Å². The molecule has 0 heterocycles. The fraction of sp³-hybridized carbons (Fsp3) is 1.00. The van der Waals surface area contributed by atoms with Crippen LogP contribution in [-0.2, 0) is 0 Å². The topological polar surface area (TPSA) is 12.0 Å². The first-order chi connectivity index (χ1) is 7.27. The van der Waals surface area contributed by atoms with E-state index < -0.39 is 0 Å². The minimum absolute atomic E-state index is 0.496. The molecule has 2 rings (SSSR count). The minimum Gasteiger partial charge on any atom is -0.310 e. The summed E-state index contributed by atoms with van der Waals surface area (Å²) in [6.07, 6.45) is 4.34. The number of hydrogen-bond acceptors (Lipinski definition) is 1. The zero-order valence-corrected chi connectivity index (χ0v) is 11.9. The van der Waals surface area contributed by atoms with E-state index in [0.717, 1.165) is 17.9 Å². The maximum atomic E-state index is 3.94. The van der Waals surface area contributed by atoms with Crippen molar-refractivity contribution in [3.8, 4) is 0 Å². The molecule has 0 aromatic carbocycles. The van der Waals surface area contributed by atoms with Crippen LogP contribution in [0.1, 0.15) is 60.8 Å². The summed E-state index contributed by atoms with van der Waals surface area (Å²) >= 11 is 0. The summed E-state index contributed by atoms with van der Waals surface area (Å²) in [5.74, 6) is 1.69. The Bertz CT molecular complexity index is 264. The lowest BCUT2D eigenvalue weighted by Crippen LogP contribution is -2.54. The smallest absolute Gasteiger partial charge is 0.0177 e. The molecule has 4 unspecified atom stereocenters. The van der Waals surface area contributed by atoms with Gasteiger partial charge in [-0.25, -0.2) is 0 Å². The van der Waals surface area contributed by atoms with Crippen LogP contribution in [0.5, 0.6) is 0 Å². The number of nitrogens with one attached hydrogen (secondary N) is 1. The van der Waals surface area contributed by atoms with Crippen molar-refractivity contribution in [2.45, 2.75) is 72.9 Å². The Hall–Kier alpha value is -0.0400. The Balaban J connectivity index is 2.14. The third kappa shape index (κ3) is 1.72. The molecule has 0 radical (unpaired) electrons. The molecule has 2 aliphatic carbocycles. The van der Waals surface area contributed by atoms with Crippen molar-refractivity contribution in [1.29, 1.82) is 0 Å². The van der Waals surface area contributed by atoms with Crippen molar-refractivity contribution in [3.05, 3.63) is 0 Å². The molecule has 1 N–H and O–H groups in total. The SMILES string of the molecule is CC(C)C(C)NC1C2(C)CCC(C2)C1(C)C. The first-order valence-electron chi connectivity index (χ1n) is 7.03. The number of fused-ring (bicyclic) bond motifs is 2. The largest absolute Gasteiger partial charge is 0.310 e. The van der Waals surface area contributed by atoms with Crippen molar-refractivity contribution >= 4 is 0 Å². The molecule has 4 atom stereocenters. The molecule has 16 heavy (non-hydrogen) atoms. The summed E-state index contributed by atoms with van der Waals surface area (Å²) in [4.78, 5) is 0.